The molecule has 2 heterocycles. The Hall–Kier alpha value is -1.85. The van der Waals surface area contributed by atoms with E-state index < -0.39 is 0 Å². The molecular weight excluding hydrogens is 308 g/mol. The lowest BCUT2D eigenvalue weighted by atomic mass is 10.1. The van der Waals surface area contributed by atoms with Crippen LogP contribution in [0.3, 0.4) is 0 Å². The zero-order chi connectivity index (χ0) is 15.4. The number of nitrogens with one attached hydrogen (secondary N) is 2. The van der Waals surface area contributed by atoms with E-state index in [2.05, 4.69) is 10.3 Å². The molecule has 0 aliphatic rings. The lowest BCUT2D eigenvalue weighted by molar-refractivity contribution is -0.116. The van der Waals surface area contributed by atoms with Gasteiger partial charge in [-0.3, -0.25) is 9.59 Å². The van der Waals surface area contributed by atoms with Crippen molar-refractivity contribution >= 4 is 34.9 Å². The molecule has 6 heteroatoms. The van der Waals surface area contributed by atoms with E-state index in [0.29, 0.717) is 9.90 Å². The van der Waals surface area contributed by atoms with Crippen LogP contribution >= 0.6 is 22.9 Å². The zero-order valence-corrected chi connectivity index (χ0v) is 13.3. The molecule has 0 unspecified atom stereocenters. The van der Waals surface area contributed by atoms with Crippen molar-refractivity contribution in [3.05, 3.63) is 60.7 Å². The van der Waals surface area contributed by atoms with E-state index in [0.717, 1.165) is 16.1 Å². The highest BCUT2D eigenvalue weighted by Gasteiger charge is 2.06. The van der Waals surface area contributed by atoms with Crippen molar-refractivity contribution in [2.75, 3.05) is 0 Å². The number of H-pyrrole nitrogens is 1. The SMILES string of the molecule is Cc1cc(C)c(CNC(=O)C=Cc2ccc(Cl)s2)c(=O)[nH]1. The molecule has 0 aromatic carbocycles. The van der Waals surface area contributed by atoms with Gasteiger partial charge in [0.2, 0.25) is 5.91 Å². The maximum atomic E-state index is 11.8. The number of aryl methyl sites for hydroxylation is 2. The van der Waals surface area contributed by atoms with Crippen LogP contribution in [-0.4, -0.2) is 10.9 Å². The van der Waals surface area contributed by atoms with Crippen molar-refractivity contribution in [3.8, 4) is 0 Å². The molecule has 0 fully saturated rings. The number of halogens is 1. The number of rotatable bonds is 4. The molecule has 2 aromatic rings. The lowest BCUT2D eigenvalue weighted by Crippen LogP contribution is -2.26. The first kappa shape index (κ1) is 15.5. The van der Waals surface area contributed by atoms with E-state index in [9.17, 15) is 9.59 Å². The van der Waals surface area contributed by atoms with Gasteiger partial charge in [0, 0.05) is 28.8 Å². The van der Waals surface area contributed by atoms with Gasteiger partial charge in [0.05, 0.1) is 4.34 Å². The molecule has 0 aliphatic heterocycles. The smallest absolute Gasteiger partial charge is 0.253 e. The molecule has 21 heavy (non-hydrogen) atoms. The van der Waals surface area contributed by atoms with Crippen molar-refractivity contribution in [1.82, 2.24) is 10.3 Å². The van der Waals surface area contributed by atoms with Gasteiger partial charge in [0.1, 0.15) is 0 Å². The Bertz CT molecular complexity index is 746. The van der Waals surface area contributed by atoms with E-state index in [1.165, 1.54) is 17.4 Å². The van der Waals surface area contributed by atoms with E-state index in [4.69, 9.17) is 11.6 Å². The molecule has 0 aliphatic carbocycles. The second-order valence-corrected chi connectivity index (χ2v) is 6.38. The number of hydrogen-bond donors (Lipinski definition) is 2. The van der Waals surface area contributed by atoms with Crippen LogP contribution in [0.4, 0.5) is 0 Å². The molecule has 0 atom stereocenters. The highest BCUT2D eigenvalue weighted by atomic mass is 35.5. The molecule has 1 amide bonds. The summed E-state index contributed by atoms with van der Waals surface area (Å²) in [5, 5.41) is 2.70. The predicted octanol–water partition coefficient (Wildman–Crippen LogP) is 3.04. The Morgan fingerprint density at radius 1 is 1.43 bits per heavy atom. The van der Waals surface area contributed by atoms with Crippen LogP contribution < -0.4 is 10.9 Å². The third-order valence-electron chi connectivity index (χ3n) is 2.93. The second-order valence-electron chi connectivity index (χ2n) is 4.64. The van der Waals surface area contributed by atoms with Gasteiger partial charge < -0.3 is 10.3 Å². The maximum Gasteiger partial charge on any atom is 0.253 e. The fraction of sp³-hybridized carbons (Fsp3) is 0.200. The van der Waals surface area contributed by atoms with Crippen molar-refractivity contribution in [3.63, 3.8) is 0 Å². The number of aromatic nitrogens is 1. The number of carbonyl (C=O) groups is 1. The summed E-state index contributed by atoms with van der Waals surface area (Å²) >= 11 is 7.20. The largest absolute Gasteiger partial charge is 0.348 e. The molecule has 0 bridgehead atoms. The Balaban J connectivity index is 1.99. The van der Waals surface area contributed by atoms with E-state index in [1.807, 2.05) is 26.0 Å². The Labute approximate surface area is 131 Å². The Morgan fingerprint density at radius 3 is 2.81 bits per heavy atom. The summed E-state index contributed by atoms with van der Waals surface area (Å²) in [6.45, 7) is 3.88. The quantitative estimate of drug-likeness (QED) is 0.850. The number of pyridine rings is 1. The molecule has 0 radical (unpaired) electrons. The van der Waals surface area contributed by atoms with Crippen LogP contribution in [0.15, 0.2) is 29.1 Å². The number of hydrogen-bond acceptors (Lipinski definition) is 3. The average molecular weight is 323 g/mol. The van der Waals surface area contributed by atoms with Gasteiger partial charge in [-0.15, -0.1) is 11.3 Å². The summed E-state index contributed by atoms with van der Waals surface area (Å²) in [5.41, 5.74) is 2.08. The second kappa shape index (κ2) is 6.74. The third kappa shape index (κ3) is 4.31. The monoisotopic (exact) mass is 322 g/mol. The van der Waals surface area contributed by atoms with Gasteiger partial charge in [-0.2, -0.15) is 0 Å². The average Bonchev–Trinajstić information content (AvgIpc) is 2.81. The van der Waals surface area contributed by atoms with Crippen molar-refractivity contribution < 1.29 is 4.79 Å². The molecule has 0 saturated carbocycles. The summed E-state index contributed by atoms with van der Waals surface area (Å²) in [6.07, 6.45) is 3.12. The minimum Gasteiger partial charge on any atom is -0.348 e. The number of aromatic amines is 1. The van der Waals surface area contributed by atoms with Crippen LogP contribution in [0.5, 0.6) is 0 Å². The highest BCUT2D eigenvalue weighted by molar-refractivity contribution is 7.17. The van der Waals surface area contributed by atoms with Crippen LogP contribution in [0.1, 0.15) is 21.7 Å². The highest BCUT2D eigenvalue weighted by Crippen LogP contribution is 2.22. The fourth-order valence-electron chi connectivity index (χ4n) is 1.91. The molecule has 2 rings (SSSR count). The zero-order valence-electron chi connectivity index (χ0n) is 11.7. The van der Waals surface area contributed by atoms with Gasteiger partial charge in [-0.1, -0.05) is 11.6 Å². The summed E-state index contributed by atoms with van der Waals surface area (Å²) in [5.74, 6) is -0.251. The third-order valence-corrected chi connectivity index (χ3v) is 4.12. The molecule has 2 N–H and O–H groups in total. The van der Waals surface area contributed by atoms with Gasteiger partial charge in [0.25, 0.3) is 5.56 Å². The molecule has 0 spiro atoms. The van der Waals surface area contributed by atoms with Gasteiger partial charge in [0.15, 0.2) is 0 Å². The summed E-state index contributed by atoms with van der Waals surface area (Å²) in [4.78, 5) is 27.2. The van der Waals surface area contributed by atoms with Gasteiger partial charge in [-0.05, 0) is 43.7 Å². The summed E-state index contributed by atoms with van der Waals surface area (Å²) < 4.78 is 0.678. The molecule has 4 nitrogen and oxygen atoms in total. The van der Waals surface area contributed by atoms with Crippen molar-refractivity contribution in [1.29, 1.82) is 0 Å². The van der Waals surface area contributed by atoms with Gasteiger partial charge in [-0.25, -0.2) is 0 Å². The van der Waals surface area contributed by atoms with E-state index in [-0.39, 0.29) is 18.0 Å². The maximum absolute atomic E-state index is 11.8. The number of thiophene rings is 1. The fourth-order valence-corrected chi connectivity index (χ4v) is 2.88. The Morgan fingerprint density at radius 2 is 2.19 bits per heavy atom. The van der Waals surface area contributed by atoms with E-state index >= 15 is 0 Å². The summed E-state index contributed by atoms with van der Waals surface area (Å²) in [6, 6.07) is 5.50. The molecule has 110 valence electrons. The number of amides is 1. The van der Waals surface area contributed by atoms with E-state index in [1.54, 1.807) is 12.1 Å². The number of carbonyl (C=O) groups excluding carboxylic acids is 1. The molecular formula is C15H15ClN2O2S. The first-order valence-electron chi connectivity index (χ1n) is 6.36. The minimum atomic E-state index is -0.251. The first-order chi connectivity index (χ1) is 9.95. The predicted molar refractivity (Wildman–Crippen MR) is 86.7 cm³/mol. The topological polar surface area (TPSA) is 62.0 Å². The molecule has 2 aromatic heterocycles. The van der Waals surface area contributed by atoms with Crippen LogP contribution in [0.25, 0.3) is 6.08 Å². The van der Waals surface area contributed by atoms with Crippen LogP contribution in [0.2, 0.25) is 4.34 Å². The lowest BCUT2D eigenvalue weighted by Gasteiger charge is -2.06. The summed E-state index contributed by atoms with van der Waals surface area (Å²) in [7, 11) is 0. The van der Waals surface area contributed by atoms with Crippen molar-refractivity contribution in [2.45, 2.75) is 20.4 Å². The first-order valence-corrected chi connectivity index (χ1v) is 7.56. The standard InChI is InChI=1S/C15H15ClN2O2S/c1-9-7-10(2)18-15(20)12(9)8-17-14(19)6-4-11-3-5-13(16)21-11/h3-7H,8H2,1-2H3,(H,17,19)(H,18,20). The van der Waals surface area contributed by atoms with Gasteiger partial charge >= 0.3 is 0 Å². The van der Waals surface area contributed by atoms with Crippen LogP contribution in [0, 0.1) is 13.8 Å². The van der Waals surface area contributed by atoms with Crippen molar-refractivity contribution in [2.24, 2.45) is 0 Å². The molecule has 0 saturated heterocycles. The Kier molecular flexibility index (Phi) is 4.98. The normalized spacial score (nSPS) is 11.0. The van der Waals surface area contributed by atoms with Crippen LogP contribution in [-0.2, 0) is 11.3 Å². The minimum absolute atomic E-state index is 0.165.